The van der Waals surface area contributed by atoms with Gasteiger partial charge in [0.05, 0.1) is 26.1 Å². The number of methoxy groups -OCH3 is 1. The number of rotatable bonds is 7. The Labute approximate surface area is 126 Å². The molecule has 1 N–H and O–H groups in total. The molecule has 0 unspecified atom stereocenters. The minimum atomic E-state index is -3.36. The third-order valence-electron chi connectivity index (χ3n) is 3.39. The van der Waals surface area contributed by atoms with Crippen LogP contribution in [0.1, 0.15) is 5.56 Å². The Morgan fingerprint density at radius 1 is 1.29 bits per heavy atom. The molecule has 1 aromatic rings. The smallest absolute Gasteiger partial charge is 0.215 e. The monoisotopic (exact) mass is 314 g/mol. The van der Waals surface area contributed by atoms with Gasteiger partial charge in [0.25, 0.3) is 0 Å². The van der Waals surface area contributed by atoms with E-state index in [1.807, 2.05) is 6.07 Å². The summed E-state index contributed by atoms with van der Waals surface area (Å²) in [5.74, 6) is 0.524. The fourth-order valence-corrected chi connectivity index (χ4v) is 3.41. The summed E-state index contributed by atoms with van der Waals surface area (Å²) in [6.07, 6.45) is 0. The van der Waals surface area contributed by atoms with Crippen LogP contribution in [-0.4, -0.2) is 59.8 Å². The summed E-state index contributed by atoms with van der Waals surface area (Å²) < 4.78 is 37.3. The first-order chi connectivity index (χ1) is 10.1. The predicted octanol–water partition coefficient (Wildman–Crippen LogP) is 0.447. The van der Waals surface area contributed by atoms with Gasteiger partial charge in [-0.25, -0.2) is 13.1 Å². The van der Waals surface area contributed by atoms with E-state index in [2.05, 4.69) is 9.62 Å². The molecule has 118 valence electrons. The molecule has 0 bridgehead atoms. The Hall–Kier alpha value is -1.15. The highest BCUT2D eigenvalue weighted by atomic mass is 32.2. The van der Waals surface area contributed by atoms with Gasteiger partial charge >= 0.3 is 0 Å². The molecule has 6 nitrogen and oxygen atoms in total. The summed E-state index contributed by atoms with van der Waals surface area (Å²) in [6.45, 7) is 4.26. The van der Waals surface area contributed by atoms with Gasteiger partial charge in [0.15, 0.2) is 0 Å². The molecule has 0 amide bonds. The fraction of sp³-hybridized carbons (Fsp3) is 0.571. The topological polar surface area (TPSA) is 67.9 Å². The molecule has 1 saturated heterocycles. The van der Waals surface area contributed by atoms with Gasteiger partial charge in [-0.1, -0.05) is 18.2 Å². The average Bonchev–Trinajstić information content (AvgIpc) is 2.48. The second-order valence-corrected chi connectivity index (χ2v) is 6.73. The highest BCUT2D eigenvalue weighted by Gasteiger charge is 2.15. The van der Waals surface area contributed by atoms with Gasteiger partial charge in [0.2, 0.25) is 10.0 Å². The highest BCUT2D eigenvalue weighted by Crippen LogP contribution is 2.19. The second-order valence-electron chi connectivity index (χ2n) is 4.92. The molecule has 1 fully saturated rings. The van der Waals surface area contributed by atoms with Crippen LogP contribution in [0.2, 0.25) is 0 Å². The van der Waals surface area contributed by atoms with Crippen molar-refractivity contribution in [3.63, 3.8) is 0 Å². The number of sulfonamides is 1. The molecule has 2 rings (SSSR count). The van der Waals surface area contributed by atoms with E-state index in [0.29, 0.717) is 37.6 Å². The van der Waals surface area contributed by atoms with Crippen LogP contribution in [0.5, 0.6) is 5.75 Å². The van der Waals surface area contributed by atoms with Crippen molar-refractivity contribution in [2.75, 3.05) is 46.5 Å². The number of nitrogens with zero attached hydrogens (tertiary/aromatic N) is 1. The van der Waals surface area contributed by atoms with Crippen LogP contribution in [-0.2, 0) is 20.5 Å². The zero-order chi connectivity index (χ0) is 15.1. The van der Waals surface area contributed by atoms with Crippen LogP contribution in [0.15, 0.2) is 24.3 Å². The number of nitrogens with one attached hydrogen (secondary N) is 1. The largest absolute Gasteiger partial charge is 0.496 e. The number of para-hydroxylation sites is 1. The van der Waals surface area contributed by atoms with Crippen molar-refractivity contribution in [1.29, 1.82) is 0 Å². The molecule has 0 saturated carbocycles. The Kier molecular flexibility index (Phi) is 5.98. The van der Waals surface area contributed by atoms with Crippen LogP contribution in [0.4, 0.5) is 0 Å². The van der Waals surface area contributed by atoms with Crippen LogP contribution in [0.25, 0.3) is 0 Å². The summed E-state index contributed by atoms with van der Waals surface area (Å²) in [6, 6.07) is 7.15. The summed E-state index contributed by atoms with van der Waals surface area (Å²) in [7, 11) is -1.82. The third kappa shape index (κ3) is 5.28. The second kappa shape index (κ2) is 7.74. The maximum absolute atomic E-state index is 12.1. The van der Waals surface area contributed by atoms with Crippen LogP contribution < -0.4 is 9.46 Å². The molecule has 1 aliphatic heterocycles. The molecule has 0 aliphatic carbocycles. The molecule has 1 heterocycles. The molecule has 0 spiro atoms. The van der Waals surface area contributed by atoms with E-state index in [4.69, 9.17) is 9.47 Å². The minimum absolute atomic E-state index is 0.0693. The van der Waals surface area contributed by atoms with Crippen molar-refractivity contribution < 1.29 is 17.9 Å². The Balaban J connectivity index is 1.84. The van der Waals surface area contributed by atoms with Gasteiger partial charge in [-0.3, -0.25) is 4.90 Å². The Morgan fingerprint density at radius 3 is 2.71 bits per heavy atom. The van der Waals surface area contributed by atoms with Crippen molar-refractivity contribution in [1.82, 2.24) is 9.62 Å². The number of benzene rings is 1. The molecule has 1 aromatic carbocycles. The first-order valence-corrected chi connectivity index (χ1v) is 8.65. The molecular weight excluding hydrogens is 292 g/mol. The van der Waals surface area contributed by atoms with E-state index in [0.717, 1.165) is 13.1 Å². The molecule has 1 aliphatic rings. The van der Waals surface area contributed by atoms with E-state index in [9.17, 15) is 8.42 Å². The SMILES string of the molecule is COc1ccccc1CS(=O)(=O)NCCN1CCOCC1. The number of ether oxygens (including phenoxy) is 2. The first kappa shape index (κ1) is 16.2. The van der Waals surface area contributed by atoms with Gasteiger partial charge in [-0.15, -0.1) is 0 Å². The van der Waals surface area contributed by atoms with E-state index in [1.54, 1.807) is 18.2 Å². The highest BCUT2D eigenvalue weighted by molar-refractivity contribution is 7.88. The van der Waals surface area contributed by atoms with Crippen molar-refractivity contribution >= 4 is 10.0 Å². The van der Waals surface area contributed by atoms with E-state index in [-0.39, 0.29) is 5.75 Å². The van der Waals surface area contributed by atoms with Gasteiger partial charge in [0.1, 0.15) is 5.75 Å². The standard InChI is InChI=1S/C14H22N2O4S/c1-19-14-5-3-2-4-13(14)12-21(17,18)15-6-7-16-8-10-20-11-9-16/h2-5,15H,6-12H2,1H3. The average molecular weight is 314 g/mol. The molecule has 7 heteroatoms. The van der Waals surface area contributed by atoms with Crippen molar-refractivity contribution in [2.24, 2.45) is 0 Å². The summed E-state index contributed by atoms with van der Waals surface area (Å²) in [5, 5.41) is 0. The maximum Gasteiger partial charge on any atom is 0.215 e. The lowest BCUT2D eigenvalue weighted by atomic mass is 10.2. The fourth-order valence-electron chi connectivity index (χ4n) is 2.26. The number of hydrogen-bond donors (Lipinski definition) is 1. The van der Waals surface area contributed by atoms with Gasteiger partial charge in [-0.2, -0.15) is 0 Å². The maximum atomic E-state index is 12.1. The molecule has 21 heavy (non-hydrogen) atoms. The summed E-state index contributed by atoms with van der Waals surface area (Å²) >= 11 is 0. The van der Waals surface area contributed by atoms with Gasteiger partial charge in [-0.05, 0) is 6.07 Å². The van der Waals surface area contributed by atoms with Crippen LogP contribution in [0.3, 0.4) is 0 Å². The third-order valence-corrected chi connectivity index (χ3v) is 4.73. The van der Waals surface area contributed by atoms with Gasteiger partial charge < -0.3 is 9.47 Å². The Morgan fingerprint density at radius 2 is 2.00 bits per heavy atom. The lowest BCUT2D eigenvalue weighted by Gasteiger charge is -2.26. The normalized spacial score (nSPS) is 16.8. The number of morpholine rings is 1. The quantitative estimate of drug-likeness (QED) is 0.791. The van der Waals surface area contributed by atoms with E-state index >= 15 is 0 Å². The molecule has 0 atom stereocenters. The molecular formula is C14H22N2O4S. The van der Waals surface area contributed by atoms with Gasteiger partial charge in [0, 0.05) is 31.7 Å². The lowest BCUT2D eigenvalue weighted by Crippen LogP contribution is -2.41. The summed E-state index contributed by atoms with van der Waals surface area (Å²) in [5.41, 5.74) is 0.666. The van der Waals surface area contributed by atoms with Crippen molar-refractivity contribution in [3.05, 3.63) is 29.8 Å². The van der Waals surface area contributed by atoms with E-state index < -0.39 is 10.0 Å². The van der Waals surface area contributed by atoms with Crippen LogP contribution >= 0.6 is 0 Å². The first-order valence-electron chi connectivity index (χ1n) is 7.00. The Bertz CT molecular complexity index is 542. The molecule has 0 aromatic heterocycles. The minimum Gasteiger partial charge on any atom is -0.496 e. The van der Waals surface area contributed by atoms with Crippen molar-refractivity contribution in [2.45, 2.75) is 5.75 Å². The zero-order valence-corrected chi connectivity index (χ0v) is 13.1. The summed E-state index contributed by atoms with van der Waals surface area (Å²) in [4.78, 5) is 2.19. The predicted molar refractivity (Wildman–Crippen MR) is 80.9 cm³/mol. The zero-order valence-electron chi connectivity index (χ0n) is 12.2. The number of hydrogen-bond acceptors (Lipinski definition) is 5. The van der Waals surface area contributed by atoms with E-state index in [1.165, 1.54) is 7.11 Å². The lowest BCUT2D eigenvalue weighted by molar-refractivity contribution is 0.0390. The van der Waals surface area contributed by atoms with Crippen LogP contribution in [0, 0.1) is 0 Å². The van der Waals surface area contributed by atoms with Crippen molar-refractivity contribution in [3.8, 4) is 5.75 Å². The molecule has 0 radical (unpaired) electrons.